The molecule has 7 heteroatoms. The zero-order valence-electron chi connectivity index (χ0n) is 10.6. The van der Waals surface area contributed by atoms with Crippen molar-refractivity contribution in [2.24, 2.45) is 0 Å². The maximum Gasteiger partial charge on any atom is 0.341 e. The number of aromatic carboxylic acids is 1. The van der Waals surface area contributed by atoms with Gasteiger partial charge in [0.1, 0.15) is 5.56 Å². The van der Waals surface area contributed by atoms with Crippen LogP contribution in [0.25, 0.3) is 4.96 Å². The number of carboxylic acids is 1. The molecule has 102 valence electrons. The van der Waals surface area contributed by atoms with Gasteiger partial charge < -0.3 is 9.67 Å². The van der Waals surface area contributed by atoms with Gasteiger partial charge in [-0.2, -0.15) is 0 Å². The Hall–Kier alpha value is -2.41. The van der Waals surface area contributed by atoms with Gasteiger partial charge in [0.15, 0.2) is 10.4 Å². The van der Waals surface area contributed by atoms with Crippen LogP contribution in [0.1, 0.15) is 21.7 Å². The lowest BCUT2D eigenvalue weighted by Crippen LogP contribution is -2.19. The third-order valence-corrected chi connectivity index (χ3v) is 3.82. The number of aromatic nitrogens is 3. The molecule has 20 heavy (non-hydrogen) atoms. The van der Waals surface area contributed by atoms with Crippen molar-refractivity contribution in [3.05, 3.63) is 57.2 Å². The summed E-state index contributed by atoms with van der Waals surface area (Å²) in [5, 5.41) is 10.9. The highest BCUT2D eigenvalue weighted by molar-refractivity contribution is 7.15. The smallest absolute Gasteiger partial charge is 0.341 e. The van der Waals surface area contributed by atoms with Gasteiger partial charge in [0.25, 0.3) is 0 Å². The number of rotatable bonds is 3. The third-order valence-electron chi connectivity index (χ3n) is 3.05. The minimum absolute atomic E-state index is 0.225. The monoisotopic (exact) mass is 289 g/mol. The second-order valence-corrected chi connectivity index (χ2v) is 5.32. The zero-order chi connectivity index (χ0) is 14.3. The largest absolute Gasteiger partial charge is 0.477 e. The number of carbonyl (C=O) groups is 1. The minimum Gasteiger partial charge on any atom is -0.477 e. The Morgan fingerprint density at radius 2 is 2.25 bits per heavy atom. The van der Waals surface area contributed by atoms with Crippen LogP contribution in [0, 0.1) is 6.92 Å². The number of hydrogen-bond acceptors (Lipinski definition) is 4. The van der Waals surface area contributed by atoms with Gasteiger partial charge in [-0.3, -0.25) is 9.20 Å². The van der Waals surface area contributed by atoms with Crippen LogP contribution in [-0.4, -0.2) is 25.0 Å². The standard InChI is InChI=1S/C13H11N3O3S/c1-8-4-11(17)10(12(18)19)7-16(8)6-9-5-15-2-3-20-13(15)14-9/h2-5,7H,6H2,1H3,(H,18,19). The molecule has 0 amide bonds. The highest BCUT2D eigenvalue weighted by Gasteiger charge is 2.12. The van der Waals surface area contributed by atoms with Gasteiger partial charge >= 0.3 is 5.97 Å². The molecule has 0 radical (unpaired) electrons. The average Bonchev–Trinajstić information content (AvgIpc) is 2.92. The summed E-state index contributed by atoms with van der Waals surface area (Å²) in [5.41, 5.74) is 0.824. The molecule has 0 aromatic carbocycles. The second-order valence-electron chi connectivity index (χ2n) is 4.45. The Labute approximate surface area is 117 Å². The van der Waals surface area contributed by atoms with E-state index in [4.69, 9.17) is 5.11 Å². The molecular formula is C13H11N3O3S. The highest BCUT2D eigenvalue weighted by Crippen LogP contribution is 2.13. The molecule has 0 saturated heterocycles. The fourth-order valence-electron chi connectivity index (χ4n) is 2.03. The van der Waals surface area contributed by atoms with Crippen molar-refractivity contribution in [2.75, 3.05) is 0 Å². The van der Waals surface area contributed by atoms with Crippen molar-refractivity contribution in [3.63, 3.8) is 0 Å². The summed E-state index contributed by atoms with van der Waals surface area (Å²) in [5.74, 6) is -1.21. The fourth-order valence-corrected chi connectivity index (χ4v) is 2.75. The summed E-state index contributed by atoms with van der Waals surface area (Å²) in [4.78, 5) is 27.9. The number of carboxylic acid groups (broad SMARTS) is 1. The predicted molar refractivity (Wildman–Crippen MR) is 74.6 cm³/mol. The maximum atomic E-state index is 11.6. The molecule has 3 heterocycles. The van der Waals surface area contributed by atoms with Crippen LogP contribution < -0.4 is 5.43 Å². The number of nitrogens with zero attached hydrogens (tertiary/aromatic N) is 3. The van der Waals surface area contributed by atoms with Gasteiger partial charge in [-0.25, -0.2) is 9.78 Å². The van der Waals surface area contributed by atoms with Crippen LogP contribution in [-0.2, 0) is 6.54 Å². The summed E-state index contributed by atoms with van der Waals surface area (Å²) in [6, 6.07) is 1.34. The van der Waals surface area contributed by atoms with Crippen molar-refractivity contribution < 1.29 is 9.90 Å². The first-order valence-electron chi connectivity index (χ1n) is 5.90. The molecule has 0 aliphatic rings. The Morgan fingerprint density at radius 1 is 1.45 bits per heavy atom. The van der Waals surface area contributed by atoms with E-state index in [1.807, 2.05) is 22.2 Å². The van der Waals surface area contributed by atoms with Crippen molar-refractivity contribution in [2.45, 2.75) is 13.5 Å². The Kier molecular flexibility index (Phi) is 2.90. The summed E-state index contributed by atoms with van der Waals surface area (Å²) < 4.78 is 3.63. The number of thiazole rings is 1. The Bertz CT molecular complexity index is 831. The summed E-state index contributed by atoms with van der Waals surface area (Å²) in [7, 11) is 0. The van der Waals surface area contributed by atoms with Gasteiger partial charge in [-0.15, -0.1) is 11.3 Å². The molecule has 0 unspecified atom stereocenters. The lowest BCUT2D eigenvalue weighted by atomic mass is 10.2. The molecule has 0 aliphatic heterocycles. The van der Waals surface area contributed by atoms with Crippen molar-refractivity contribution >= 4 is 22.3 Å². The van der Waals surface area contributed by atoms with Crippen molar-refractivity contribution in [1.82, 2.24) is 14.0 Å². The first-order chi connectivity index (χ1) is 9.54. The van der Waals surface area contributed by atoms with E-state index in [1.165, 1.54) is 23.6 Å². The normalized spacial score (nSPS) is 11.1. The molecule has 6 nitrogen and oxygen atoms in total. The summed E-state index contributed by atoms with van der Waals surface area (Å²) >= 11 is 1.53. The number of pyridine rings is 1. The molecule has 0 spiro atoms. The predicted octanol–water partition coefficient (Wildman–Crippen LogP) is 1.61. The van der Waals surface area contributed by atoms with E-state index in [-0.39, 0.29) is 5.56 Å². The summed E-state index contributed by atoms with van der Waals surface area (Å²) in [6.07, 6.45) is 5.18. The molecule has 0 aliphatic carbocycles. The molecule has 3 aromatic rings. The Morgan fingerprint density at radius 3 is 2.95 bits per heavy atom. The highest BCUT2D eigenvalue weighted by atomic mass is 32.1. The number of hydrogen-bond donors (Lipinski definition) is 1. The summed E-state index contributed by atoms with van der Waals surface area (Å²) in [6.45, 7) is 2.20. The van der Waals surface area contributed by atoms with Crippen molar-refractivity contribution in [3.8, 4) is 0 Å². The first kappa shape index (κ1) is 12.6. The van der Waals surface area contributed by atoms with Crippen LogP contribution in [0.3, 0.4) is 0 Å². The first-order valence-corrected chi connectivity index (χ1v) is 6.78. The van der Waals surface area contributed by atoms with E-state index in [2.05, 4.69) is 4.98 Å². The SMILES string of the molecule is Cc1cc(=O)c(C(=O)O)cn1Cc1cn2ccsc2n1. The van der Waals surface area contributed by atoms with Crippen LogP contribution in [0.2, 0.25) is 0 Å². The lowest BCUT2D eigenvalue weighted by molar-refractivity contribution is 0.0694. The van der Waals surface area contributed by atoms with Crippen LogP contribution in [0.4, 0.5) is 0 Å². The van der Waals surface area contributed by atoms with E-state index in [0.717, 1.165) is 10.7 Å². The molecule has 3 rings (SSSR count). The van der Waals surface area contributed by atoms with Crippen LogP contribution in [0.5, 0.6) is 0 Å². The van der Waals surface area contributed by atoms with Crippen LogP contribution >= 0.6 is 11.3 Å². The molecule has 0 saturated carbocycles. The van der Waals surface area contributed by atoms with E-state index < -0.39 is 11.4 Å². The fraction of sp³-hybridized carbons (Fsp3) is 0.154. The molecule has 1 N–H and O–H groups in total. The average molecular weight is 289 g/mol. The van der Waals surface area contributed by atoms with E-state index in [0.29, 0.717) is 12.2 Å². The number of fused-ring (bicyclic) bond motifs is 1. The molecular weight excluding hydrogens is 278 g/mol. The Balaban J connectivity index is 2.01. The van der Waals surface area contributed by atoms with Gasteiger partial charge in [0.05, 0.1) is 12.2 Å². The number of imidazole rings is 1. The van der Waals surface area contributed by atoms with Gasteiger partial charge in [-0.1, -0.05) is 0 Å². The van der Waals surface area contributed by atoms with Gasteiger partial charge in [-0.05, 0) is 6.92 Å². The third kappa shape index (κ3) is 2.12. The maximum absolute atomic E-state index is 11.6. The van der Waals surface area contributed by atoms with Gasteiger partial charge in [0.2, 0.25) is 0 Å². The molecule has 0 fully saturated rings. The second kappa shape index (κ2) is 4.61. The molecule has 3 aromatic heterocycles. The van der Waals surface area contributed by atoms with Gasteiger partial charge in [0, 0.05) is 35.7 Å². The molecule has 0 bridgehead atoms. The zero-order valence-corrected chi connectivity index (χ0v) is 11.4. The molecule has 0 atom stereocenters. The minimum atomic E-state index is -1.21. The van der Waals surface area contributed by atoms with E-state index >= 15 is 0 Å². The van der Waals surface area contributed by atoms with E-state index in [9.17, 15) is 9.59 Å². The topological polar surface area (TPSA) is 76.6 Å². The lowest BCUT2D eigenvalue weighted by Gasteiger charge is -2.09. The van der Waals surface area contributed by atoms with E-state index in [1.54, 1.807) is 11.5 Å². The van der Waals surface area contributed by atoms with Crippen LogP contribution in [0.15, 0.2) is 34.8 Å². The van der Waals surface area contributed by atoms with Crippen molar-refractivity contribution in [1.29, 1.82) is 0 Å². The number of aryl methyl sites for hydroxylation is 1. The quantitative estimate of drug-likeness (QED) is 0.794.